The summed E-state index contributed by atoms with van der Waals surface area (Å²) in [6.45, 7) is 0.321. The van der Waals surface area contributed by atoms with Crippen molar-refractivity contribution in [3.8, 4) is 5.75 Å². The maximum Gasteiger partial charge on any atom is 0.320 e. The van der Waals surface area contributed by atoms with Gasteiger partial charge in [0.15, 0.2) is 0 Å². The number of rotatable bonds is 5. The molecule has 0 aromatic heterocycles. The third-order valence-corrected chi connectivity index (χ3v) is 2.05. The van der Waals surface area contributed by atoms with E-state index < -0.39 is 12.0 Å². The third kappa shape index (κ3) is 3.70. The molecule has 1 rings (SSSR count). The zero-order valence-electron chi connectivity index (χ0n) is 8.71. The second-order valence-corrected chi connectivity index (χ2v) is 3.33. The van der Waals surface area contributed by atoms with Crippen LogP contribution < -0.4 is 5.73 Å². The van der Waals surface area contributed by atoms with Gasteiger partial charge in [0.1, 0.15) is 11.8 Å². The summed E-state index contributed by atoms with van der Waals surface area (Å²) in [5.41, 5.74) is 5.91. The highest BCUT2D eigenvalue weighted by molar-refractivity contribution is 5.83. The highest BCUT2D eigenvalue weighted by Gasteiger charge is 2.09. The van der Waals surface area contributed by atoms with Crippen molar-refractivity contribution in [3.63, 3.8) is 0 Å². The highest BCUT2D eigenvalue weighted by atomic mass is 16.4. The van der Waals surface area contributed by atoms with Crippen molar-refractivity contribution >= 4 is 12.2 Å². The maximum absolute atomic E-state index is 10.4. The van der Waals surface area contributed by atoms with E-state index in [0.29, 0.717) is 12.1 Å². The molecule has 5 nitrogen and oxygen atoms in total. The zero-order valence-corrected chi connectivity index (χ0v) is 8.71. The van der Waals surface area contributed by atoms with Crippen molar-refractivity contribution in [2.75, 3.05) is 6.54 Å². The minimum atomic E-state index is -1.03. The summed E-state index contributed by atoms with van der Waals surface area (Å²) in [6.07, 6.45) is 1.78. The summed E-state index contributed by atoms with van der Waals surface area (Å²) in [7, 11) is 0. The standard InChI is InChI=1S/C11H14N2O3/c12-9(11(15)16)5-6-13-7-8-3-1-2-4-10(8)14/h1-4,7,9,14H,5-6,12H2,(H,15,16)/t9-/m1/s1. The van der Waals surface area contributed by atoms with Crippen LogP contribution in [-0.4, -0.2) is 35.0 Å². The van der Waals surface area contributed by atoms with Gasteiger partial charge >= 0.3 is 5.97 Å². The number of phenolic OH excluding ortho intramolecular Hbond substituents is 1. The highest BCUT2D eigenvalue weighted by Crippen LogP contribution is 2.12. The van der Waals surface area contributed by atoms with E-state index in [9.17, 15) is 9.90 Å². The van der Waals surface area contributed by atoms with Crippen LogP contribution in [-0.2, 0) is 4.79 Å². The summed E-state index contributed by atoms with van der Waals surface area (Å²) in [6, 6.07) is 5.89. The fourth-order valence-electron chi connectivity index (χ4n) is 1.10. The Morgan fingerprint density at radius 2 is 2.19 bits per heavy atom. The molecule has 0 aliphatic rings. The molecule has 0 bridgehead atoms. The number of hydrogen-bond acceptors (Lipinski definition) is 4. The number of aromatic hydroxyl groups is 1. The molecule has 5 heteroatoms. The Hall–Kier alpha value is -1.88. The first-order valence-corrected chi connectivity index (χ1v) is 4.87. The van der Waals surface area contributed by atoms with E-state index in [1.54, 1.807) is 24.3 Å². The minimum Gasteiger partial charge on any atom is -0.507 e. The number of benzene rings is 1. The Bertz CT molecular complexity index is 391. The van der Waals surface area contributed by atoms with Gasteiger partial charge in [-0.2, -0.15) is 0 Å². The number of carbonyl (C=O) groups is 1. The fourth-order valence-corrected chi connectivity index (χ4v) is 1.10. The van der Waals surface area contributed by atoms with E-state index in [-0.39, 0.29) is 12.2 Å². The largest absolute Gasteiger partial charge is 0.507 e. The van der Waals surface area contributed by atoms with Crippen molar-refractivity contribution < 1.29 is 15.0 Å². The number of aliphatic carboxylic acids is 1. The third-order valence-electron chi connectivity index (χ3n) is 2.05. The lowest BCUT2D eigenvalue weighted by Crippen LogP contribution is -2.30. The smallest absolute Gasteiger partial charge is 0.320 e. The van der Waals surface area contributed by atoms with Gasteiger partial charge in [-0.3, -0.25) is 9.79 Å². The number of phenols is 1. The molecule has 0 saturated heterocycles. The van der Waals surface area contributed by atoms with Crippen LogP contribution in [0.5, 0.6) is 5.75 Å². The van der Waals surface area contributed by atoms with Crippen molar-refractivity contribution in [1.82, 2.24) is 0 Å². The number of carboxylic acid groups (broad SMARTS) is 1. The molecule has 0 aliphatic carbocycles. The normalized spacial score (nSPS) is 12.8. The van der Waals surface area contributed by atoms with E-state index >= 15 is 0 Å². The van der Waals surface area contributed by atoms with Crippen LogP contribution >= 0.6 is 0 Å². The molecule has 86 valence electrons. The molecule has 0 radical (unpaired) electrons. The van der Waals surface area contributed by atoms with E-state index in [1.807, 2.05) is 0 Å². The van der Waals surface area contributed by atoms with E-state index in [0.717, 1.165) is 0 Å². The second kappa shape index (κ2) is 5.87. The van der Waals surface area contributed by atoms with Gasteiger partial charge in [-0.05, 0) is 18.6 Å². The van der Waals surface area contributed by atoms with Gasteiger partial charge in [0.2, 0.25) is 0 Å². The molecule has 0 amide bonds. The Labute approximate surface area is 93.2 Å². The van der Waals surface area contributed by atoms with Crippen molar-refractivity contribution in [2.45, 2.75) is 12.5 Å². The van der Waals surface area contributed by atoms with E-state index in [4.69, 9.17) is 10.8 Å². The predicted molar refractivity (Wildman–Crippen MR) is 60.8 cm³/mol. The Morgan fingerprint density at radius 3 is 2.81 bits per heavy atom. The van der Waals surface area contributed by atoms with E-state index in [1.165, 1.54) is 6.21 Å². The molecule has 4 N–H and O–H groups in total. The number of hydrogen-bond donors (Lipinski definition) is 3. The fraction of sp³-hybridized carbons (Fsp3) is 0.273. The summed E-state index contributed by atoms with van der Waals surface area (Å²) in [5.74, 6) is -0.883. The first kappa shape index (κ1) is 12.2. The van der Waals surface area contributed by atoms with Crippen LogP contribution in [0.25, 0.3) is 0 Å². The maximum atomic E-state index is 10.4. The number of para-hydroxylation sites is 1. The monoisotopic (exact) mass is 222 g/mol. The average molecular weight is 222 g/mol. The molecule has 1 aromatic rings. The van der Waals surface area contributed by atoms with Gasteiger partial charge in [0.05, 0.1) is 0 Å². The number of aliphatic imine (C=N–C) groups is 1. The molecule has 0 fully saturated rings. The lowest BCUT2D eigenvalue weighted by atomic mass is 10.2. The molecule has 16 heavy (non-hydrogen) atoms. The number of nitrogens with zero attached hydrogens (tertiary/aromatic N) is 1. The Balaban J connectivity index is 2.44. The zero-order chi connectivity index (χ0) is 12.0. The van der Waals surface area contributed by atoms with Crippen LogP contribution in [0, 0.1) is 0 Å². The van der Waals surface area contributed by atoms with Crippen molar-refractivity contribution in [2.24, 2.45) is 10.7 Å². The molecule has 0 aliphatic heterocycles. The van der Waals surface area contributed by atoms with Gasteiger partial charge in [-0.1, -0.05) is 12.1 Å². The number of carboxylic acids is 1. The summed E-state index contributed by atoms with van der Waals surface area (Å²) in [5, 5.41) is 17.9. The van der Waals surface area contributed by atoms with Crippen LogP contribution in [0.2, 0.25) is 0 Å². The van der Waals surface area contributed by atoms with Crippen LogP contribution in [0.1, 0.15) is 12.0 Å². The van der Waals surface area contributed by atoms with Crippen LogP contribution in [0.4, 0.5) is 0 Å². The molecular weight excluding hydrogens is 208 g/mol. The number of nitrogens with two attached hydrogens (primary N) is 1. The van der Waals surface area contributed by atoms with Crippen molar-refractivity contribution in [3.05, 3.63) is 29.8 Å². The topological polar surface area (TPSA) is 95.9 Å². The summed E-state index contributed by atoms with van der Waals surface area (Å²) >= 11 is 0. The lowest BCUT2D eigenvalue weighted by Gasteiger charge is -2.02. The molecule has 0 unspecified atom stereocenters. The molecule has 0 spiro atoms. The summed E-state index contributed by atoms with van der Waals surface area (Å²) < 4.78 is 0. The van der Waals surface area contributed by atoms with Gasteiger partial charge in [0.25, 0.3) is 0 Å². The van der Waals surface area contributed by atoms with Gasteiger partial charge in [-0.25, -0.2) is 0 Å². The molecular formula is C11H14N2O3. The minimum absolute atomic E-state index is 0.147. The van der Waals surface area contributed by atoms with Crippen molar-refractivity contribution in [1.29, 1.82) is 0 Å². The average Bonchev–Trinajstić information content (AvgIpc) is 2.26. The Kier molecular flexibility index (Phi) is 4.47. The lowest BCUT2D eigenvalue weighted by molar-refractivity contribution is -0.138. The molecule has 0 saturated carbocycles. The van der Waals surface area contributed by atoms with Crippen LogP contribution in [0.15, 0.2) is 29.3 Å². The first-order valence-electron chi connectivity index (χ1n) is 4.87. The van der Waals surface area contributed by atoms with Gasteiger partial charge in [0, 0.05) is 18.3 Å². The van der Waals surface area contributed by atoms with Crippen LogP contribution in [0.3, 0.4) is 0 Å². The Morgan fingerprint density at radius 1 is 1.50 bits per heavy atom. The molecule has 1 atom stereocenters. The first-order chi connectivity index (χ1) is 7.61. The SMILES string of the molecule is N[C@H](CCN=Cc1ccccc1O)C(=O)O. The second-order valence-electron chi connectivity index (χ2n) is 3.33. The molecule has 1 aromatic carbocycles. The predicted octanol–water partition coefficient (Wildman–Crippen LogP) is 0.613. The van der Waals surface area contributed by atoms with E-state index in [2.05, 4.69) is 4.99 Å². The summed E-state index contributed by atoms with van der Waals surface area (Å²) in [4.78, 5) is 14.4. The molecule has 0 heterocycles. The quantitative estimate of drug-likeness (QED) is 0.636. The van der Waals surface area contributed by atoms with Gasteiger partial charge in [-0.15, -0.1) is 0 Å². The van der Waals surface area contributed by atoms with Gasteiger partial charge < -0.3 is 15.9 Å².